The molecule has 20 heavy (non-hydrogen) atoms. The highest BCUT2D eigenvalue weighted by molar-refractivity contribution is 9.10. The number of nitrogens with zero attached hydrogens (tertiary/aromatic N) is 1. The van der Waals surface area contributed by atoms with E-state index >= 15 is 0 Å². The van der Waals surface area contributed by atoms with Crippen LogP contribution in [-0.2, 0) is 6.54 Å². The second kappa shape index (κ2) is 6.48. The predicted molar refractivity (Wildman–Crippen MR) is 87.4 cm³/mol. The maximum atomic E-state index is 6.14. The van der Waals surface area contributed by atoms with Gasteiger partial charge in [0.15, 0.2) is 0 Å². The molecule has 1 heterocycles. The second-order valence-corrected chi connectivity index (χ2v) is 7.10. The van der Waals surface area contributed by atoms with E-state index in [1.807, 2.05) is 12.1 Å². The Labute approximate surface area is 136 Å². The Kier molecular flexibility index (Phi) is 4.66. The summed E-state index contributed by atoms with van der Waals surface area (Å²) in [4.78, 5) is 5.43. The van der Waals surface area contributed by atoms with Crippen molar-refractivity contribution in [2.24, 2.45) is 0 Å². The van der Waals surface area contributed by atoms with Crippen LogP contribution < -0.4 is 5.32 Å². The average molecular weight is 370 g/mol. The lowest BCUT2D eigenvalue weighted by Gasteiger charge is -2.08. The molecular formula is C15H14BrClN2S. The minimum absolute atomic E-state index is 0.684. The van der Waals surface area contributed by atoms with E-state index < -0.39 is 0 Å². The maximum Gasteiger partial charge on any atom is 0.119 e. The van der Waals surface area contributed by atoms with Gasteiger partial charge >= 0.3 is 0 Å². The zero-order valence-corrected chi connectivity index (χ0v) is 13.9. The molecule has 0 amide bonds. The van der Waals surface area contributed by atoms with E-state index in [2.05, 4.69) is 44.4 Å². The maximum absolute atomic E-state index is 6.14. The standard InChI is InChI=1S/C15H14BrClN2S/c16-12-8-10(9-19-11-4-5-11)3-6-14(12)20-15-13(17)2-1-7-18-15/h1-3,6-8,11,19H,4-5,9H2. The highest BCUT2D eigenvalue weighted by Crippen LogP contribution is 2.36. The van der Waals surface area contributed by atoms with Crippen molar-refractivity contribution in [2.75, 3.05) is 0 Å². The zero-order valence-electron chi connectivity index (χ0n) is 10.8. The molecule has 0 radical (unpaired) electrons. The topological polar surface area (TPSA) is 24.9 Å². The van der Waals surface area contributed by atoms with Crippen LogP contribution in [0.4, 0.5) is 0 Å². The van der Waals surface area contributed by atoms with Crippen LogP contribution in [0.1, 0.15) is 18.4 Å². The van der Waals surface area contributed by atoms with Crippen LogP contribution in [0.5, 0.6) is 0 Å². The molecule has 3 rings (SSSR count). The summed E-state index contributed by atoms with van der Waals surface area (Å²) in [6, 6.07) is 10.9. The van der Waals surface area contributed by atoms with E-state index in [1.165, 1.54) is 18.4 Å². The SMILES string of the molecule is Clc1cccnc1Sc1ccc(CNC2CC2)cc1Br. The number of halogens is 2. The van der Waals surface area contributed by atoms with E-state index in [-0.39, 0.29) is 0 Å². The monoisotopic (exact) mass is 368 g/mol. The van der Waals surface area contributed by atoms with Gasteiger partial charge in [-0.2, -0.15) is 0 Å². The van der Waals surface area contributed by atoms with E-state index in [9.17, 15) is 0 Å². The molecule has 2 nitrogen and oxygen atoms in total. The number of hydrogen-bond acceptors (Lipinski definition) is 3. The lowest BCUT2D eigenvalue weighted by Crippen LogP contribution is -2.15. The first kappa shape index (κ1) is 14.4. The van der Waals surface area contributed by atoms with Crippen LogP contribution in [0.25, 0.3) is 0 Å². The van der Waals surface area contributed by atoms with Gasteiger partial charge < -0.3 is 5.32 Å². The molecule has 0 spiro atoms. The third-order valence-electron chi connectivity index (χ3n) is 3.10. The van der Waals surface area contributed by atoms with Gasteiger partial charge in [0.2, 0.25) is 0 Å². The summed E-state index contributed by atoms with van der Waals surface area (Å²) in [6.07, 6.45) is 4.39. The first-order valence-corrected chi connectivity index (χ1v) is 8.51. The Morgan fingerprint density at radius 2 is 2.20 bits per heavy atom. The quantitative estimate of drug-likeness (QED) is 0.811. The molecule has 0 saturated heterocycles. The van der Waals surface area contributed by atoms with E-state index in [0.29, 0.717) is 5.02 Å². The molecule has 0 atom stereocenters. The van der Waals surface area contributed by atoms with E-state index in [1.54, 1.807) is 18.0 Å². The molecule has 1 aliphatic carbocycles. The van der Waals surface area contributed by atoms with Gasteiger partial charge in [0.25, 0.3) is 0 Å². The fourth-order valence-electron chi connectivity index (χ4n) is 1.84. The normalized spacial score (nSPS) is 14.5. The van der Waals surface area contributed by atoms with Gasteiger partial charge in [-0.15, -0.1) is 0 Å². The van der Waals surface area contributed by atoms with Crippen molar-refractivity contribution in [3.8, 4) is 0 Å². The third-order valence-corrected chi connectivity index (χ3v) is 5.53. The van der Waals surface area contributed by atoms with Crippen molar-refractivity contribution in [1.29, 1.82) is 0 Å². The van der Waals surface area contributed by atoms with Gasteiger partial charge in [-0.3, -0.25) is 0 Å². The van der Waals surface area contributed by atoms with E-state index in [4.69, 9.17) is 11.6 Å². The Morgan fingerprint density at radius 3 is 2.90 bits per heavy atom. The predicted octanol–water partition coefficient (Wildman–Crippen LogP) is 4.90. The van der Waals surface area contributed by atoms with Gasteiger partial charge in [-0.1, -0.05) is 29.4 Å². The van der Waals surface area contributed by atoms with Crippen molar-refractivity contribution in [3.05, 3.63) is 51.6 Å². The minimum Gasteiger partial charge on any atom is -0.310 e. The first-order chi connectivity index (χ1) is 9.72. The molecule has 0 bridgehead atoms. The van der Waals surface area contributed by atoms with Crippen molar-refractivity contribution in [1.82, 2.24) is 10.3 Å². The summed E-state index contributed by atoms with van der Waals surface area (Å²) >= 11 is 11.3. The molecule has 1 N–H and O–H groups in total. The molecule has 1 aromatic heterocycles. The fourth-order valence-corrected chi connectivity index (χ4v) is 3.52. The van der Waals surface area contributed by atoms with Gasteiger partial charge in [0.1, 0.15) is 5.03 Å². The fraction of sp³-hybridized carbons (Fsp3) is 0.267. The first-order valence-electron chi connectivity index (χ1n) is 6.52. The summed E-state index contributed by atoms with van der Waals surface area (Å²) < 4.78 is 1.08. The minimum atomic E-state index is 0.684. The van der Waals surface area contributed by atoms with Crippen LogP contribution >= 0.6 is 39.3 Å². The highest BCUT2D eigenvalue weighted by atomic mass is 79.9. The summed E-state index contributed by atoms with van der Waals surface area (Å²) in [5.41, 5.74) is 1.29. The molecule has 1 saturated carbocycles. The van der Waals surface area contributed by atoms with Gasteiger partial charge in [-0.25, -0.2) is 4.98 Å². The summed E-state index contributed by atoms with van der Waals surface area (Å²) in [5.74, 6) is 0. The third kappa shape index (κ3) is 3.76. The summed E-state index contributed by atoms with van der Waals surface area (Å²) in [6.45, 7) is 0.929. The number of pyridine rings is 1. The molecule has 104 valence electrons. The Hall–Kier alpha value is -0.550. The van der Waals surface area contributed by atoms with Crippen LogP contribution in [0.3, 0.4) is 0 Å². The number of nitrogens with one attached hydrogen (secondary N) is 1. The molecule has 1 aromatic carbocycles. The number of rotatable bonds is 5. The van der Waals surface area contributed by atoms with Crippen molar-refractivity contribution >= 4 is 39.3 Å². The van der Waals surface area contributed by atoms with Gasteiger partial charge in [0, 0.05) is 28.2 Å². The Morgan fingerprint density at radius 1 is 1.35 bits per heavy atom. The summed E-state index contributed by atoms with van der Waals surface area (Å²) in [7, 11) is 0. The molecule has 5 heteroatoms. The van der Waals surface area contributed by atoms with Crippen molar-refractivity contribution in [2.45, 2.75) is 35.3 Å². The lowest BCUT2D eigenvalue weighted by atomic mass is 10.2. The molecule has 0 aliphatic heterocycles. The Balaban J connectivity index is 1.71. The van der Waals surface area contributed by atoms with Crippen LogP contribution in [0.2, 0.25) is 5.02 Å². The molecule has 2 aromatic rings. The summed E-state index contributed by atoms with van der Waals surface area (Å²) in [5, 5.41) is 5.03. The average Bonchev–Trinajstić information content (AvgIpc) is 3.26. The smallest absolute Gasteiger partial charge is 0.119 e. The molecular weight excluding hydrogens is 356 g/mol. The highest BCUT2D eigenvalue weighted by Gasteiger charge is 2.20. The number of benzene rings is 1. The van der Waals surface area contributed by atoms with Crippen LogP contribution in [0, 0.1) is 0 Å². The van der Waals surface area contributed by atoms with Gasteiger partial charge in [0.05, 0.1) is 5.02 Å². The lowest BCUT2D eigenvalue weighted by molar-refractivity contribution is 0.687. The number of aromatic nitrogens is 1. The largest absolute Gasteiger partial charge is 0.310 e. The second-order valence-electron chi connectivity index (χ2n) is 4.81. The molecule has 1 fully saturated rings. The molecule has 0 unspecified atom stereocenters. The van der Waals surface area contributed by atoms with Gasteiger partial charge in [-0.05, 0) is 58.6 Å². The van der Waals surface area contributed by atoms with Crippen molar-refractivity contribution in [3.63, 3.8) is 0 Å². The van der Waals surface area contributed by atoms with Crippen LogP contribution in [0.15, 0.2) is 50.9 Å². The van der Waals surface area contributed by atoms with E-state index in [0.717, 1.165) is 27.0 Å². The van der Waals surface area contributed by atoms with Crippen LogP contribution in [-0.4, -0.2) is 11.0 Å². The zero-order chi connectivity index (χ0) is 13.9. The Bertz CT molecular complexity index is 617. The van der Waals surface area contributed by atoms with Crippen molar-refractivity contribution < 1.29 is 0 Å². The molecule has 1 aliphatic rings. The number of hydrogen-bond donors (Lipinski definition) is 1.